The highest BCUT2D eigenvalue weighted by molar-refractivity contribution is 5.88. The van der Waals surface area contributed by atoms with E-state index in [1.165, 1.54) is 0 Å². The minimum Gasteiger partial charge on any atom is -0.458 e. The van der Waals surface area contributed by atoms with E-state index >= 15 is 0 Å². The van der Waals surface area contributed by atoms with Crippen LogP contribution in [0.2, 0.25) is 0 Å². The fourth-order valence-corrected chi connectivity index (χ4v) is 3.51. The lowest BCUT2D eigenvalue weighted by Gasteiger charge is -2.20. The number of rotatable bonds is 8. The summed E-state index contributed by atoms with van der Waals surface area (Å²) in [5.41, 5.74) is 2.61. The summed E-state index contributed by atoms with van der Waals surface area (Å²) in [6.45, 7) is 2.23. The van der Waals surface area contributed by atoms with Gasteiger partial charge in [0.15, 0.2) is 12.0 Å². The van der Waals surface area contributed by atoms with Crippen LogP contribution in [0.5, 0.6) is 0 Å². The summed E-state index contributed by atoms with van der Waals surface area (Å²) in [5.74, 6) is -0.664. The van der Waals surface area contributed by atoms with Crippen molar-refractivity contribution < 1.29 is 29.2 Å². The van der Waals surface area contributed by atoms with Gasteiger partial charge in [0.2, 0.25) is 0 Å². The summed E-state index contributed by atoms with van der Waals surface area (Å²) < 4.78 is 18.1. The van der Waals surface area contributed by atoms with E-state index < -0.39 is 30.6 Å². The molecule has 9 nitrogen and oxygen atoms in total. The lowest BCUT2D eigenvalue weighted by Crippen LogP contribution is -2.37. The van der Waals surface area contributed by atoms with Gasteiger partial charge in [-0.25, -0.2) is 9.48 Å². The molecule has 2 heterocycles. The number of aliphatic hydroxyl groups is 2. The lowest BCUT2D eigenvalue weighted by molar-refractivity contribution is -0.133. The van der Waals surface area contributed by atoms with Crippen LogP contribution in [0.25, 0.3) is 0 Å². The van der Waals surface area contributed by atoms with E-state index in [0.29, 0.717) is 12.2 Å². The van der Waals surface area contributed by atoms with E-state index in [4.69, 9.17) is 14.2 Å². The third kappa shape index (κ3) is 5.03. The van der Waals surface area contributed by atoms with Crippen LogP contribution in [0.1, 0.15) is 27.3 Å². The molecule has 32 heavy (non-hydrogen) atoms. The third-order valence-electron chi connectivity index (χ3n) is 5.32. The van der Waals surface area contributed by atoms with E-state index in [0.717, 1.165) is 11.1 Å². The number of carbonyl (C=O) groups excluding carboxylic acids is 1. The molecule has 0 saturated carbocycles. The first-order valence-electron chi connectivity index (χ1n) is 10.3. The van der Waals surface area contributed by atoms with Gasteiger partial charge in [-0.1, -0.05) is 65.9 Å². The average molecular weight is 439 g/mol. The number of nitrogens with zero attached hydrogens (tertiary/aromatic N) is 3. The van der Waals surface area contributed by atoms with Crippen molar-refractivity contribution >= 4 is 5.97 Å². The third-order valence-corrected chi connectivity index (χ3v) is 5.32. The highest BCUT2D eigenvalue weighted by Crippen LogP contribution is 2.24. The normalized spacial score (nSPS) is 22.7. The molecule has 0 aliphatic carbocycles. The molecule has 4 rings (SSSR count). The number of benzene rings is 2. The van der Waals surface area contributed by atoms with Crippen LogP contribution in [-0.2, 0) is 27.4 Å². The predicted molar refractivity (Wildman–Crippen MR) is 112 cm³/mol. The SMILES string of the molecule is Cc1c(C(=O)OC[C@H]2O[C@H](O)[C@H](O)[C@H]2OCc2ccccc2)nnn1Cc1ccccc1. The predicted octanol–water partition coefficient (Wildman–Crippen LogP) is 1.46. The van der Waals surface area contributed by atoms with E-state index in [-0.39, 0.29) is 18.9 Å². The molecular weight excluding hydrogens is 414 g/mol. The van der Waals surface area contributed by atoms with Crippen molar-refractivity contribution in [2.24, 2.45) is 0 Å². The fourth-order valence-electron chi connectivity index (χ4n) is 3.51. The Morgan fingerprint density at radius 3 is 2.41 bits per heavy atom. The molecular formula is C23H25N3O6. The Morgan fingerprint density at radius 2 is 1.72 bits per heavy atom. The number of aromatic nitrogens is 3. The molecule has 0 unspecified atom stereocenters. The van der Waals surface area contributed by atoms with Gasteiger partial charge in [0.05, 0.1) is 18.8 Å². The summed E-state index contributed by atoms with van der Waals surface area (Å²) in [6.07, 6.45) is -4.36. The van der Waals surface area contributed by atoms with Gasteiger partial charge in [0.1, 0.15) is 24.9 Å². The van der Waals surface area contributed by atoms with Crippen molar-refractivity contribution in [3.05, 3.63) is 83.2 Å². The smallest absolute Gasteiger partial charge is 0.360 e. The maximum absolute atomic E-state index is 12.6. The Kier molecular flexibility index (Phi) is 6.91. The van der Waals surface area contributed by atoms with Gasteiger partial charge in [0, 0.05) is 0 Å². The van der Waals surface area contributed by atoms with Crippen molar-refractivity contribution in [2.75, 3.05) is 6.61 Å². The molecule has 3 aromatic rings. The Labute approximate surface area is 185 Å². The molecule has 1 saturated heterocycles. The van der Waals surface area contributed by atoms with Crippen LogP contribution >= 0.6 is 0 Å². The molecule has 168 valence electrons. The molecule has 0 radical (unpaired) electrons. The number of ether oxygens (including phenoxy) is 3. The molecule has 9 heteroatoms. The molecule has 4 atom stereocenters. The van der Waals surface area contributed by atoms with Gasteiger partial charge in [-0.05, 0) is 18.1 Å². The van der Waals surface area contributed by atoms with Crippen molar-refractivity contribution in [2.45, 2.75) is 44.7 Å². The van der Waals surface area contributed by atoms with Gasteiger partial charge in [-0.15, -0.1) is 5.10 Å². The zero-order valence-corrected chi connectivity index (χ0v) is 17.6. The number of hydrogen-bond acceptors (Lipinski definition) is 8. The van der Waals surface area contributed by atoms with Gasteiger partial charge >= 0.3 is 5.97 Å². The van der Waals surface area contributed by atoms with Crippen molar-refractivity contribution in [3.63, 3.8) is 0 Å². The number of esters is 1. The standard InChI is InChI=1S/C23H25N3O6/c1-15-19(24-25-26(15)12-16-8-4-2-5-9-16)22(28)31-14-18-21(20(27)23(29)32-18)30-13-17-10-6-3-7-11-17/h2-11,18,20-21,23,27,29H,12-14H2,1H3/t18-,20-,21+,23+/m1/s1. The molecule has 1 aromatic heterocycles. The maximum Gasteiger partial charge on any atom is 0.360 e. The average Bonchev–Trinajstić information content (AvgIpc) is 3.31. The summed E-state index contributed by atoms with van der Waals surface area (Å²) in [6, 6.07) is 19.1. The molecule has 0 spiro atoms. The number of carbonyl (C=O) groups is 1. The lowest BCUT2D eigenvalue weighted by atomic mass is 10.1. The van der Waals surface area contributed by atoms with Gasteiger partial charge in [-0.3, -0.25) is 0 Å². The van der Waals surface area contributed by atoms with Crippen molar-refractivity contribution in [1.82, 2.24) is 15.0 Å². The van der Waals surface area contributed by atoms with Gasteiger partial charge < -0.3 is 24.4 Å². The minimum atomic E-state index is -1.42. The van der Waals surface area contributed by atoms with Crippen LogP contribution in [0.15, 0.2) is 60.7 Å². The first-order valence-corrected chi connectivity index (χ1v) is 10.3. The Balaban J connectivity index is 1.36. The van der Waals surface area contributed by atoms with E-state index in [9.17, 15) is 15.0 Å². The van der Waals surface area contributed by atoms with Gasteiger partial charge in [-0.2, -0.15) is 0 Å². The second kappa shape index (κ2) is 10.0. The zero-order chi connectivity index (χ0) is 22.5. The molecule has 1 aliphatic rings. The molecule has 0 bridgehead atoms. The largest absolute Gasteiger partial charge is 0.458 e. The molecule has 2 N–H and O–H groups in total. The van der Waals surface area contributed by atoms with Crippen LogP contribution in [-0.4, -0.2) is 62.4 Å². The molecule has 1 fully saturated rings. The Bertz CT molecular complexity index is 1030. The highest BCUT2D eigenvalue weighted by atomic mass is 16.7. The number of aliphatic hydroxyl groups excluding tert-OH is 2. The quantitative estimate of drug-likeness (QED) is 0.507. The Hall–Kier alpha value is -3.11. The summed E-state index contributed by atoms with van der Waals surface area (Å²) in [4.78, 5) is 12.6. The van der Waals surface area contributed by atoms with E-state index in [1.54, 1.807) is 11.6 Å². The summed E-state index contributed by atoms with van der Waals surface area (Å²) >= 11 is 0. The van der Waals surface area contributed by atoms with Crippen molar-refractivity contribution in [3.8, 4) is 0 Å². The van der Waals surface area contributed by atoms with Crippen LogP contribution < -0.4 is 0 Å². The van der Waals surface area contributed by atoms with E-state index in [1.807, 2.05) is 60.7 Å². The van der Waals surface area contributed by atoms with E-state index in [2.05, 4.69) is 10.3 Å². The highest BCUT2D eigenvalue weighted by Gasteiger charge is 2.44. The maximum atomic E-state index is 12.6. The van der Waals surface area contributed by atoms with Crippen LogP contribution in [0.3, 0.4) is 0 Å². The topological polar surface area (TPSA) is 116 Å². The number of hydrogen-bond donors (Lipinski definition) is 2. The second-order valence-corrected chi connectivity index (χ2v) is 7.58. The fraction of sp³-hybridized carbons (Fsp3) is 0.348. The first kappa shape index (κ1) is 22.1. The zero-order valence-electron chi connectivity index (χ0n) is 17.6. The summed E-state index contributed by atoms with van der Waals surface area (Å²) in [5, 5.41) is 28.1. The Morgan fingerprint density at radius 1 is 1.06 bits per heavy atom. The molecule has 0 amide bonds. The molecule has 1 aliphatic heterocycles. The van der Waals surface area contributed by atoms with Crippen LogP contribution in [0.4, 0.5) is 0 Å². The summed E-state index contributed by atoms with van der Waals surface area (Å²) in [7, 11) is 0. The van der Waals surface area contributed by atoms with Crippen LogP contribution in [0, 0.1) is 6.92 Å². The molecule has 2 aromatic carbocycles. The monoisotopic (exact) mass is 439 g/mol. The van der Waals surface area contributed by atoms with Crippen molar-refractivity contribution in [1.29, 1.82) is 0 Å². The minimum absolute atomic E-state index is 0.0989. The first-order chi connectivity index (χ1) is 15.5. The second-order valence-electron chi connectivity index (χ2n) is 7.58. The van der Waals surface area contributed by atoms with Gasteiger partial charge in [0.25, 0.3) is 0 Å².